The summed E-state index contributed by atoms with van der Waals surface area (Å²) in [6.45, 7) is 3.04. The predicted octanol–water partition coefficient (Wildman–Crippen LogP) is 3.44. The Morgan fingerprint density at radius 1 is 1.31 bits per heavy atom. The highest BCUT2D eigenvalue weighted by atomic mass is 19.4. The van der Waals surface area contributed by atoms with Gasteiger partial charge in [-0.05, 0) is 25.0 Å². The topological polar surface area (TPSA) is 49.0 Å². The molecule has 1 aliphatic rings. The number of hydrogen-bond donors (Lipinski definition) is 1. The van der Waals surface area contributed by atoms with Gasteiger partial charge < -0.3 is 4.98 Å². The molecule has 4 nitrogen and oxygen atoms in total. The van der Waals surface area contributed by atoms with E-state index in [4.69, 9.17) is 0 Å². The van der Waals surface area contributed by atoms with Gasteiger partial charge in [0.2, 0.25) is 0 Å². The van der Waals surface area contributed by atoms with E-state index in [1.54, 1.807) is 0 Å². The van der Waals surface area contributed by atoms with Crippen molar-refractivity contribution in [2.45, 2.75) is 45.5 Å². The van der Waals surface area contributed by atoms with Crippen LogP contribution in [0.5, 0.6) is 0 Å². The maximum atomic E-state index is 14.1. The zero-order chi connectivity index (χ0) is 18.9. The molecule has 0 fully saturated rings. The van der Waals surface area contributed by atoms with Crippen LogP contribution in [0.15, 0.2) is 23.0 Å². The molecule has 140 valence electrons. The highest BCUT2D eigenvalue weighted by Crippen LogP contribution is 2.30. The van der Waals surface area contributed by atoms with Gasteiger partial charge in [0.25, 0.3) is 5.56 Å². The van der Waals surface area contributed by atoms with Crippen molar-refractivity contribution in [3.63, 3.8) is 0 Å². The van der Waals surface area contributed by atoms with Gasteiger partial charge in [-0.3, -0.25) is 9.69 Å². The molecule has 8 heteroatoms. The summed E-state index contributed by atoms with van der Waals surface area (Å²) in [4.78, 5) is 21.3. The van der Waals surface area contributed by atoms with Crippen LogP contribution < -0.4 is 5.56 Å². The molecular formula is C18H19F4N3O. The molecule has 0 unspecified atom stereocenters. The Balaban J connectivity index is 1.78. The fourth-order valence-electron chi connectivity index (χ4n) is 3.13. The van der Waals surface area contributed by atoms with E-state index in [-0.39, 0.29) is 17.7 Å². The molecule has 0 aliphatic carbocycles. The molecule has 0 saturated carbocycles. The molecule has 0 amide bonds. The van der Waals surface area contributed by atoms with Crippen molar-refractivity contribution >= 4 is 0 Å². The third-order valence-electron chi connectivity index (χ3n) is 4.46. The van der Waals surface area contributed by atoms with E-state index in [9.17, 15) is 22.4 Å². The van der Waals surface area contributed by atoms with Crippen LogP contribution >= 0.6 is 0 Å². The van der Waals surface area contributed by atoms with Gasteiger partial charge in [-0.15, -0.1) is 0 Å². The molecule has 0 bridgehead atoms. The number of aromatic nitrogens is 2. The van der Waals surface area contributed by atoms with E-state index in [0.717, 1.165) is 12.5 Å². The summed E-state index contributed by atoms with van der Waals surface area (Å²) < 4.78 is 52.0. The molecule has 3 rings (SSSR count). The third kappa shape index (κ3) is 3.95. The van der Waals surface area contributed by atoms with Crippen molar-refractivity contribution in [3.8, 4) is 0 Å². The Labute approximate surface area is 147 Å². The summed E-state index contributed by atoms with van der Waals surface area (Å²) in [6.07, 6.45) is -2.57. The number of benzene rings is 1. The van der Waals surface area contributed by atoms with Crippen molar-refractivity contribution in [1.82, 2.24) is 14.9 Å². The highest BCUT2D eigenvalue weighted by molar-refractivity contribution is 5.27. The lowest BCUT2D eigenvalue weighted by Gasteiger charge is -2.28. The largest absolute Gasteiger partial charge is 0.416 e. The van der Waals surface area contributed by atoms with Crippen LogP contribution in [0.25, 0.3) is 0 Å². The highest BCUT2D eigenvalue weighted by Gasteiger charge is 2.31. The zero-order valence-electron chi connectivity index (χ0n) is 14.3. The Hall–Kier alpha value is -2.22. The molecule has 2 heterocycles. The second-order valence-corrected chi connectivity index (χ2v) is 6.45. The minimum Gasteiger partial charge on any atom is -0.310 e. The van der Waals surface area contributed by atoms with E-state index in [2.05, 4.69) is 9.97 Å². The number of alkyl halides is 3. The molecule has 0 atom stereocenters. The van der Waals surface area contributed by atoms with E-state index in [0.29, 0.717) is 49.1 Å². The first-order valence-corrected chi connectivity index (χ1v) is 8.47. The molecule has 1 aromatic carbocycles. The number of nitrogens with one attached hydrogen (secondary N) is 1. The van der Waals surface area contributed by atoms with Crippen LogP contribution in [-0.2, 0) is 32.1 Å². The third-order valence-corrected chi connectivity index (χ3v) is 4.46. The van der Waals surface area contributed by atoms with Gasteiger partial charge in [0.1, 0.15) is 11.6 Å². The first-order valence-electron chi connectivity index (χ1n) is 8.47. The van der Waals surface area contributed by atoms with E-state index < -0.39 is 17.6 Å². The van der Waals surface area contributed by atoms with Gasteiger partial charge in [-0.25, -0.2) is 9.37 Å². The van der Waals surface area contributed by atoms with Crippen molar-refractivity contribution in [3.05, 3.63) is 62.6 Å². The molecule has 2 aromatic rings. The van der Waals surface area contributed by atoms with E-state index >= 15 is 0 Å². The van der Waals surface area contributed by atoms with Gasteiger partial charge in [0.15, 0.2) is 0 Å². The second-order valence-electron chi connectivity index (χ2n) is 6.45. The first kappa shape index (κ1) is 18.6. The molecule has 0 radical (unpaired) electrons. The second kappa shape index (κ2) is 7.19. The van der Waals surface area contributed by atoms with Gasteiger partial charge in [-0.2, -0.15) is 13.2 Å². The number of aromatic amines is 1. The average molecular weight is 369 g/mol. The van der Waals surface area contributed by atoms with Crippen molar-refractivity contribution in [1.29, 1.82) is 0 Å². The number of rotatable bonds is 4. The number of aryl methyl sites for hydroxylation is 1. The van der Waals surface area contributed by atoms with E-state index in [1.807, 2.05) is 11.8 Å². The Bertz CT molecular complexity index is 860. The summed E-state index contributed by atoms with van der Waals surface area (Å²) >= 11 is 0. The maximum absolute atomic E-state index is 14.1. The fourth-order valence-corrected chi connectivity index (χ4v) is 3.13. The molecule has 1 aromatic heterocycles. The van der Waals surface area contributed by atoms with Gasteiger partial charge in [0.05, 0.1) is 11.3 Å². The van der Waals surface area contributed by atoms with Crippen LogP contribution in [-0.4, -0.2) is 21.4 Å². The van der Waals surface area contributed by atoms with Gasteiger partial charge in [0, 0.05) is 37.2 Å². The fraction of sp³-hybridized carbons (Fsp3) is 0.444. The Morgan fingerprint density at radius 2 is 2.08 bits per heavy atom. The number of halogens is 4. The summed E-state index contributed by atoms with van der Waals surface area (Å²) in [6, 6.07) is 2.58. The van der Waals surface area contributed by atoms with Gasteiger partial charge in [-0.1, -0.05) is 13.0 Å². The quantitative estimate of drug-likeness (QED) is 0.840. The average Bonchev–Trinajstić information content (AvgIpc) is 2.56. The van der Waals surface area contributed by atoms with Crippen molar-refractivity contribution in [2.24, 2.45) is 0 Å². The first-order chi connectivity index (χ1) is 12.3. The molecule has 26 heavy (non-hydrogen) atoms. The van der Waals surface area contributed by atoms with E-state index in [1.165, 1.54) is 6.07 Å². The van der Waals surface area contributed by atoms with Crippen LogP contribution in [0.2, 0.25) is 0 Å². The lowest BCUT2D eigenvalue weighted by Crippen LogP contribution is -2.35. The summed E-state index contributed by atoms with van der Waals surface area (Å²) in [5, 5.41) is 0. The normalized spacial score (nSPS) is 15.1. The number of H-pyrrole nitrogens is 1. The van der Waals surface area contributed by atoms with Gasteiger partial charge >= 0.3 is 6.18 Å². The summed E-state index contributed by atoms with van der Waals surface area (Å²) in [7, 11) is 0. The number of hydrogen-bond acceptors (Lipinski definition) is 3. The monoisotopic (exact) mass is 369 g/mol. The molecule has 0 saturated heterocycles. The summed E-state index contributed by atoms with van der Waals surface area (Å²) in [5.41, 5.74) is 0.351. The molecule has 1 aliphatic heterocycles. The lowest BCUT2D eigenvalue weighted by atomic mass is 10.0. The minimum atomic E-state index is -4.57. The molecule has 0 spiro atoms. The standard InChI is InChI=1S/C18H19F4N3O/c1-2-3-16-23-15-10-25(7-6-13(15)17(26)24-16)9-11-4-5-12(8-14(11)19)18(20,21)22/h4-5,8H,2-3,6-7,9-10H2,1H3,(H,23,24,26). The van der Waals surface area contributed by atoms with Crippen molar-refractivity contribution in [2.75, 3.05) is 6.54 Å². The van der Waals surface area contributed by atoms with Crippen LogP contribution in [0.1, 0.15) is 41.6 Å². The number of fused-ring (bicyclic) bond motifs is 1. The SMILES string of the molecule is CCCc1nc2c(c(=O)[nH]1)CCN(Cc1ccc(C(F)(F)F)cc1F)C2. The minimum absolute atomic E-state index is 0.140. The lowest BCUT2D eigenvalue weighted by molar-refractivity contribution is -0.137. The smallest absolute Gasteiger partial charge is 0.310 e. The van der Waals surface area contributed by atoms with Crippen LogP contribution in [0.4, 0.5) is 17.6 Å². The summed E-state index contributed by atoms with van der Waals surface area (Å²) in [5.74, 6) is -0.255. The maximum Gasteiger partial charge on any atom is 0.416 e. The zero-order valence-corrected chi connectivity index (χ0v) is 14.3. The predicted molar refractivity (Wildman–Crippen MR) is 88.1 cm³/mol. The van der Waals surface area contributed by atoms with Crippen LogP contribution in [0, 0.1) is 5.82 Å². The van der Waals surface area contributed by atoms with Crippen LogP contribution in [0.3, 0.4) is 0 Å². The Morgan fingerprint density at radius 3 is 2.73 bits per heavy atom. The molecule has 1 N–H and O–H groups in total. The Kier molecular flexibility index (Phi) is 5.13. The molecular weight excluding hydrogens is 350 g/mol. The van der Waals surface area contributed by atoms with Crippen molar-refractivity contribution < 1.29 is 17.6 Å². The number of nitrogens with zero attached hydrogens (tertiary/aromatic N) is 2.